The van der Waals surface area contributed by atoms with Gasteiger partial charge in [0.25, 0.3) is 0 Å². The van der Waals surface area contributed by atoms with Gasteiger partial charge in [0.1, 0.15) is 0 Å². The SMILES string of the molecule is C=CCC(CC)/C(N/C(=C/CC)CCC)=C(\CC)NCC. The van der Waals surface area contributed by atoms with Gasteiger partial charge in [-0.1, -0.05) is 46.3 Å². The molecule has 0 amide bonds. The Morgan fingerprint density at radius 3 is 2.29 bits per heavy atom. The van der Waals surface area contributed by atoms with E-state index in [2.05, 4.69) is 57.9 Å². The average Bonchev–Trinajstić information content (AvgIpc) is 2.49. The molecule has 2 heteroatoms. The third-order valence-corrected chi connectivity index (χ3v) is 3.69. The molecule has 0 saturated heterocycles. The van der Waals surface area contributed by atoms with E-state index < -0.39 is 0 Å². The van der Waals surface area contributed by atoms with Gasteiger partial charge in [0, 0.05) is 29.6 Å². The second-order valence-electron chi connectivity index (χ2n) is 5.42. The maximum Gasteiger partial charge on any atom is 0.0375 e. The minimum absolute atomic E-state index is 0.522. The van der Waals surface area contributed by atoms with Gasteiger partial charge in [0.05, 0.1) is 0 Å². The zero-order valence-corrected chi connectivity index (χ0v) is 14.9. The molecule has 0 spiro atoms. The summed E-state index contributed by atoms with van der Waals surface area (Å²) in [6, 6.07) is 0. The van der Waals surface area contributed by atoms with E-state index in [0.29, 0.717) is 5.92 Å². The van der Waals surface area contributed by atoms with Crippen LogP contribution in [0.3, 0.4) is 0 Å². The molecular weight excluding hydrogens is 256 g/mol. The maximum absolute atomic E-state index is 3.93. The van der Waals surface area contributed by atoms with Gasteiger partial charge in [-0.15, -0.1) is 6.58 Å². The molecule has 0 aliphatic heterocycles. The number of hydrogen-bond donors (Lipinski definition) is 2. The molecule has 0 saturated carbocycles. The lowest BCUT2D eigenvalue weighted by molar-refractivity contribution is 0.540. The Hall–Kier alpha value is -1.18. The van der Waals surface area contributed by atoms with E-state index in [4.69, 9.17) is 0 Å². The summed E-state index contributed by atoms with van der Waals surface area (Å²) in [4.78, 5) is 0. The maximum atomic E-state index is 3.93. The summed E-state index contributed by atoms with van der Waals surface area (Å²) >= 11 is 0. The van der Waals surface area contributed by atoms with Crippen LogP contribution in [0.15, 0.2) is 35.8 Å². The molecule has 0 radical (unpaired) electrons. The fourth-order valence-electron chi connectivity index (χ4n) is 2.64. The van der Waals surface area contributed by atoms with Crippen LogP contribution in [0.4, 0.5) is 0 Å². The van der Waals surface area contributed by atoms with E-state index >= 15 is 0 Å². The Morgan fingerprint density at radius 1 is 1.14 bits per heavy atom. The molecule has 0 rings (SSSR count). The van der Waals surface area contributed by atoms with Crippen LogP contribution >= 0.6 is 0 Å². The molecule has 0 aliphatic carbocycles. The van der Waals surface area contributed by atoms with Gasteiger partial charge in [0.2, 0.25) is 0 Å². The lowest BCUT2D eigenvalue weighted by Gasteiger charge is -2.25. The van der Waals surface area contributed by atoms with Crippen molar-refractivity contribution in [1.29, 1.82) is 0 Å². The van der Waals surface area contributed by atoms with Crippen LogP contribution < -0.4 is 10.6 Å². The molecule has 0 aromatic rings. The molecule has 1 unspecified atom stereocenters. The topological polar surface area (TPSA) is 24.1 Å². The van der Waals surface area contributed by atoms with Crippen molar-refractivity contribution in [2.45, 2.75) is 73.1 Å². The normalized spacial score (nSPS) is 14.4. The van der Waals surface area contributed by atoms with Crippen molar-refractivity contribution in [3.8, 4) is 0 Å². The summed E-state index contributed by atoms with van der Waals surface area (Å²) in [5.41, 5.74) is 4.08. The van der Waals surface area contributed by atoms with Crippen molar-refractivity contribution >= 4 is 0 Å². The highest BCUT2D eigenvalue weighted by Crippen LogP contribution is 2.23. The Morgan fingerprint density at radius 2 is 1.86 bits per heavy atom. The largest absolute Gasteiger partial charge is 0.387 e. The molecule has 1 atom stereocenters. The van der Waals surface area contributed by atoms with Crippen LogP contribution in [0.1, 0.15) is 73.1 Å². The van der Waals surface area contributed by atoms with Gasteiger partial charge in [-0.2, -0.15) is 0 Å². The van der Waals surface area contributed by atoms with Gasteiger partial charge >= 0.3 is 0 Å². The average molecular weight is 293 g/mol. The highest BCUT2D eigenvalue weighted by atomic mass is 15.0. The van der Waals surface area contributed by atoms with Crippen LogP contribution in [-0.4, -0.2) is 6.54 Å². The van der Waals surface area contributed by atoms with E-state index in [0.717, 1.165) is 38.6 Å². The van der Waals surface area contributed by atoms with Crippen molar-refractivity contribution in [3.05, 3.63) is 35.8 Å². The highest BCUT2D eigenvalue weighted by Gasteiger charge is 2.16. The molecule has 0 fully saturated rings. The molecule has 21 heavy (non-hydrogen) atoms. The summed E-state index contributed by atoms with van der Waals surface area (Å²) in [7, 11) is 0. The zero-order valence-electron chi connectivity index (χ0n) is 14.9. The number of rotatable bonds is 12. The number of allylic oxidation sites excluding steroid dienone is 5. The molecule has 0 heterocycles. The second kappa shape index (κ2) is 12.6. The smallest absolute Gasteiger partial charge is 0.0375 e. The summed E-state index contributed by atoms with van der Waals surface area (Å²) in [6.07, 6.45) is 10.9. The summed E-state index contributed by atoms with van der Waals surface area (Å²) < 4.78 is 0. The molecule has 0 aliphatic rings. The lowest BCUT2D eigenvalue weighted by Crippen LogP contribution is -2.27. The van der Waals surface area contributed by atoms with E-state index in [1.165, 1.54) is 23.5 Å². The van der Waals surface area contributed by atoms with Gasteiger partial charge in [-0.3, -0.25) is 0 Å². The summed E-state index contributed by atoms with van der Waals surface area (Å²) in [5, 5.41) is 7.31. The first-order chi connectivity index (χ1) is 10.2. The Bertz CT molecular complexity index is 339. The predicted molar refractivity (Wildman–Crippen MR) is 96.0 cm³/mol. The van der Waals surface area contributed by atoms with Crippen molar-refractivity contribution in [2.24, 2.45) is 5.92 Å². The molecular formula is C19H36N2. The minimum atomic E-state index is 0.522. The minimum Gasteiger partial charge on any atom is -0.387 e. The van der Waals surface area contributed by atoms with Gasteiger partial charge in [-0.05, 0) is 39.0 Å². The molecule has 2 nitrogen and oxygen atoms in total. The van der Waals surface area contributed by atoms with Gasteiger partial charge in [0.15, 0.2) is 0 Å². The van der Waals surface area contributed by atoms with Crippen molar-refractivity contribution in [1.82, 2.24) is 10.6 Å². The fourth-order valence-corrected chi connectivity index (χ4v) is 2.64. The summed E-state index contributed by atoms with van der Waals surface area (Å²) in [5.74, 6) is 0.522. The second-order valence-corrected chi connectivity index (χ2v) is 5.42. The van der Waals surface area contributed by atoms with Crippen LogP contribution in [0.5, 0.6) is 0 Å². The van der Waals surface area contributed by atoms with Gasteiger partial charge < -0.3 is 10.6 Å². The first kappa shape index (κ1) is 19.8. The molecule has 0 bridgehead atoms. The molecule has 122 valence electrons. The van der Waals surface area contributed by atoms with Crippen molar-refractivity contribution in [3.63, 3.8) is 0 Å². The van der Waals surface area contributed by atoms with E-state index in [1.54, 1.807) is 0 Å². The molecule has 2 N–H and O–H groups in total. The van der Waals surface area contributed by atoms with Crippen LogP contribution in [0.25, 0.3) is 0 Å². The Labute approximate surface area is 132 Å². The predicted octanol–water partition coefficient (Wildman–Crippen LogP) is 5.50. The van der Waals surface area contributed by atoms with E-state index in [1.807, 2.05) is 6.08 Å². The quantitative estimate of drug-likeness (QED) is 0.464. The first-order valence-electron chi connectivity index (χ1n) is 8.71. The first-order valence-corrected chi connectivity index (χ1v) is 8.71. The lowest BCUT2D eigenvalue weighted by atomic mass is 9.95. The monoisotopic (exact) mass is 292 g/mol. The third-order valence-electron chi connectivity index (χ3n) is 3.69. The van der Waals surface area contributed by atoms with E-state index in [9.17, 15) is 0 Å². The van der Waals surface area contributed by atoms with Crippen molar-refractivity contribution in [2.75, 3.05) is 6.54 Å². The fraction of sp³-hybridized carbons (Fsp3) is 0.684. The Kier molecular flexibility index (Phi) is 11.8. The standard InChI is InChI=1S/C19H36N2/c1-7-13-16(10-4)19(18(11-5)20-12-6)21-17(14-8-2)15-9-3/h7,14,16,20-21H,1,8-13,15H2,2-6H3/b17-14+,19-18-. The van der Waals surface area contributed by atoms with Crippen LogP contribution in [0.2, 0.25) is 0 Å². The Balaban J connectivity index is 5.46. The molecule has 0 aromatic heterocycles. The number of nitrogens with one attached hydrogen (secondary N) is 2. The zero-order chi connectivity index (χ0) is 16.1. The van der Waals surface area contributed by atoms with Crippen molar-refractivity contribution < 1.29 is 0 Å². The van der Waals surface area contributed by atoms with E-state index in [-0.39, 0.29) is 0 Å². The van der Waals surface area contributed by atoms with Crippen LogP contribution in [-0.2, 0) is 0 Å². The highest BCUT2D eigenvalue weighted by molar-refractivity contribution is 5.20. The molecule has 0 aromatic carbocycles. The van der Waals surface area contributed by atoms with Crippen LogP contribution in [0, 0.1) is 5.92 Å². The third kappa shape index (κ3) is 7.40. The number of hydrogen-bond acceptors (Lipinski definition) is 2. The van der Waals surface area contributed by atoms with Gasteiger partial charge in [-0.25, -0.2) is 0 Å². The summed E-state index contributed by atoms with van der Waals surface area (Å²) in [6.45, 7) is 16.0.